The Kier molecular flexibility index (Phi) is 6.84. The predicted octanol–water partition coefficient (Wildman–Crippen LogP) is 1.84. The van der Waals surface area contributed by atoms with Crippen LogP contribution in [0.2, 0.25) is 5.02 Å². The van der Waals surface area contributed by atoms with Gasteiger partial charge in [-0.3, -0.25) is 14.5 Å². The molecular weight excluding hydrogens is 300 g/mol. The van der Waals surface area contributed by atoms with Gasteiger partial charge < -0.3 is 10.8 Å². The number of carbonyl (C=O) groups is 2. The van der Waals surface area contributed by atoms with Crippen molar-refractivity contribution < 1.29 is 14.7 Å². The van der Waals surface area contributed by atoms with Crippen LogP contribution in [0.5, 0.6) is 0 Å². The number of halogens is 1. The Labute approximate surface area is 127 Å². The highest BCUT2D eigenvalue weighted by Gasteiger charge is 2.24. The van der Waals surface area contributed by atoms with Crippen molar-refractivity contribution in [3.05, 3.63) is 29.3 Å². The van der Waals surface area contributed by atoms with Gasteiger partial charge in [-0.15, -0.1) is 0 Å². The number of carbonyl (C=O) groups excluding carboxylic acids is 1. The molecule has 20 heavy (non-hydrogen) atoms. The van der Waals surface area contributed by atoms with Gasteiger partial charge in [-0.1, -0.05) is 17.7 Å². The molecule has 0 aromatic heterocycles. The van der Waals surface area contributed by atoms with Crippen LogP contribution in [0.1, 0.15) is 6.42 Å². The van der Waals surface area contributed by atoms with E-state index in [0.717, 1.165) is 10.7 Å². The van der Waals surface area contributed by atoms with Crippen LogP contribution in [-0.2, 0) is 9.59 Å². The summed E-state index contributed by atoms with van der Waals surface area (Å²) in [5.41, 5.74) is 6.26. The third-order valence-electron chi connectivity index (χ3n) is 2.63. The Hall–Kier alpha value is -1.24. The Balaban J connectivity index is 2.94. The molecular formula is C13H17ClN2O3S. The summed E-state index contributed by atoms with van der Waals surface area (Å²) in [4.78, 5) is 24.4. The molecule has 0 saturated carbocycles. The molecule has 0 radical (unpaired) electrons. The molecule has 0 aliphatic heterocycles. The van der Waals surface area contributed by atoms with Gasteiger partial charge in [0.1, 0.15) is 6.54 Å². The fraction of sp³-hybridized carbons (Fsp3) is 0.385. The molecule has 1 amide bonds. The second kappa shape index (κ2) is 8.14. The number of carboxylic acid groups (broad SMARTS) is 1. The van der Waals surface area contributed by atoms with E-state index in [1.807, 2.05) is 6.26 Å². The summed E-state index contributed by atoms with van der Waals surface area (Å²) >= 11 is 7.46. The number of nitrogens with zero attached hydrogens (tertiary/aromatic N) is 1. The lowest BCUT2D eigenvalue weighted by atomic mass is 10.2. The van der Waals surface area contributed by atoms with Gasteiger partial charge in [0.25, 0.3) is 0 Å². The minimum atomic E-state index is -1.10. The van der Waals surface area contributed by atoms with Gasteiger partial charge in [0.2, 0.25) is 5.91 Å². The number of rotatable bonds is 7. The first-order valence-electron chi connectivity index (χ1n) is 5.99. The fourth-order valence-corrected chi connectivity index (χ4v) is 2.32. The third-order valence-corrected chi connectivity index (χ3v) is 3.51. The molecule has 0 spiro atoms. The summed E-state index contributed by atoms with van der Waals surface area (Å²) in [6.07, 6.45) is 2.42. The highest BCUT2D eigenvalue weighted by atomic mass is 35.5. The average Bonchev–Trinajstić information content (AvgIpc) is 2.41. The molecule has 0 saturated heterocycles. The summed E-state index contributed by atoms with van der Waals surface area (Å²) < 4.78 is 0. The first kappa shape index (κ1) is 16.8. The van der Waals surface area contributed by atoms with Crippen molar-refractivity contribution >= 4 is 40.9 Å². The van der Waals surface area contributed by atoms with Gasteiger partial charge in [0, 0.05) is 10.7 Å². The average molecular weight is 317 g/mol. The molecule has 7 heteroatoms. The number of carboxylic acids is 1. The zero-order chi connectivity index (χ0) is 15.1. The number of benzene rings is 1. The number of anilines is 1. The summed E-state index contributed by atoms with van der Waals surface area (Å²) in [5, 5.41) is 9.38. The van der Waals surface area contributed by atoms with E-state index in [2.05, 4.69) is 0 Å². The van der Waals surface area contributed by atoms with E-state index in [1.54, 1.807) is 36.0 Å². The fourth-order valence-electron chi connectivity index (χ4n) is 1.64. The summed E-state index contributed by atoms with van der Waals surface area (Å²) in [7, 11) is 0. The van der Waals surface area contributed by atoms with Crippen LogP contribution >= 0.6 is 23.4 Å². The van der Waals surface area contributed by atoms with Crippen molar-refractivity contribution in [2.45, 2.75) is 12.5 Å². The highest BCUT2D eigenvalue weighted by molar-refractivity contribution is 7.98. The number of amides is 1. The van der Waals surface area contributed by atoms with Gasteiger partial charge in [-0.25, -0.2) is 0 Å². The maximum Gasteiger partial charge on any atom is 0.323 e. The molecule has 0 aliphatic rings. The SMILES string of the molecule is CSCC[C@H](N)C(=O)N(CC(=O)O)c1cccc(Cl)c1. The summed E-state index contributed by atoms with van der Waals surface area (Å²) in [6.45, 7) is -0.438. The van der Waals surface area contributed by atoms with Crippen molar-refractivity contribution in [3.8, 4) is 0 Å². The van der Waals surface area contributed by atoms with E-state index in [9.17, 15) is 9.59 Å². The highest BCUT2D eigenvalue weighted by Crippen LogP contribution is 2.20. The van der Waals surface area contributed by atoms with Crippen LogP contribution in [0.15, 0.2) is 24.3 Å². The Morgan fingerprint density at radius 2 is 2.20 bits per heavy atom. The predicted molar refractivity (Wildman–Crippen MR) is 82.4 cm³/mol. The Bertz CT molecular complexity index is 484. The quantitative estimate of drug-likeness (QED) is 0.802. The van der Waals surface area contributed by atoms with Crippen molar-refractivity contribution in [2.75, 3.05) is 23.5 Å². The van der Waals surface area contributed by atoms with E-state index in [4.69, 9.17) is 22.4 Å². The van der Waals surface area contributed by atoms with E-state index in [-0.39, 0.29) is 0 Å². The Morgan fingerprint density at radius 1 is 1.50 bits per heavy atom. The van der Waals surface area contributed by atoms with Crippen LogP contribution in [0, 0.1) is 0 Å². The molecule has 5 nitrogen and oxygen atoms in total. The molecule has 110 valence electrons. The number of thioether (sulfide) groups is 1. The molecule has 0 fully saturated rings. The van der Waals surface area contributed by atoms with Crippen LogP contribution < -0.4 is 10.6 Å². The molecule has 1 aromatic carbocycles. The monoisotopic (exact) mass is 316 g/mol. The normalized spacial score (nSPS) is 11.9. The van der Waals surface area contributed by atoms with Gasteiger partial charge >= 0.3 is 5.97 Å². The number of aliphatic carboxylic acids is 1. The minimum absolute atomic E-state index is 0.413. The maximum atomic E-state index is 12.3. The van der Waals surface area contributed by atoms with Crippen molar-refractivity contribution in [2.24, 2.45) is 5.73 Å². The second-order valence-electron chi connectivity index (χ2n) is 4.19. The van der Waals surface area contributed by atoms with Crippen LogP contribution in [0.4, 0.5) is 5.69 Å². The van der Waals surface area contributed by atoms with Crippen molar-refractivity contribution in [3.63, 3.8) is 0 Å². The topological polar surface area (TPSA) is 83.6 Å². The molecule has 0 bridgehead atoms. The minimum Gasteiger partial charge on any atom is -0.480 e. The van der Waals surface area contributed by atoms with E-state index in [0.29, 0.717) is 17.1 Å². The van der Waals surface area contributed by atoms with Gasteiger partial charge in [0.15, 0.2) is 0 Å². The summed E-state index contributed by atoms with van der Waals surface area (Å²) in [6, 6.07) is 5.77. The largest absolute Gasteiger partial charge is 0.480 e. The molecule has 0 unspecified atom stereocenters. The molecule has 1 aromatic rings. The lowest BCUT2D eigenvalue weighted by molar-refractivity contribution is -0.136. The lowest BCUT2D eigenvalue weighted by Crippen LogP contribution is -2.46. The van der Waals surface area contributed by atoms with Crippen molar-refractivity contribution in [1.29, 1.82) is 0 Å². The smallest absolute Gasteiger partial charge is 0.323 e. The summed E-state index contributed by atoms with van der Waals surface area (Å²) in [5.74, 6) is -0.775. The molecule has 3 N–H and O–H groups in total. The van der Waals surface area contributed by atoms with E-state index >= 15 is 0 Å². The first-order valence-corrected chi connectivity index (χ1v) is 7.76. The van der Waals surface area contributed by atoms with Gasteiger partial charge in [-0.2, -0.15) is 11.8 Å². The third kappa shape index (κ3) is 5.03. The molecule has 0 heterocycles. The lowest BCUT2D eigenvalue weighted by Gasteiger charge is -2.24. The zero-order valence-electron chi connectivity index (χ0n) is 11.1. The number of hydrogen-bond acceptors (Lipinski definition) is 4. The molecule has 1 rings (SSSR count). The standard InChI is InChI=1S/C13H17ClN2O3S/c1-20-6-5-11(15)13(19)16(8-12(17)18)10-4-2-3-9(14)7-10/h2-4,7,11H,5-6,8,15H2,1H3,(H,17,18)/t11-/m0/s1. The second-order valence-corrected chi connectivity index (χ2v) is 5.61. The maximum absolute atomic E-state index is 12.3. The van der Waals surface area contributed by atoms with E-state index < -0.39 is 24.5 Å². The molecule has 0 aliphatic carbocycles. The van der Waals surface area contributed by atoms with Crippen LogP contribution in [0.3, 0.4) is 0 Å². The van der Waals surface area contributed by atoms with Crippen LogP contribution in [0.25, 0.3) is 0 Å². The zero-order valence-corrected chi connectivity index (χ0v) is 12.7. The number of nitrogens with two attached hydrogens (primary N) is 1. The van der Waals surface area contributed by atoms with Gasteiger partial charge in [0.05, 0.1) is 6.04 Å². The molecule has 1 atom stereocenters. The van der Waals surface area contributed by atoms with E-state index in [1.165, 1.54) is 0 Å². The van der Waals surface area contributed by atoms with Crippen LogP contribution in [-0.4, -0.2) is 41.6 Å². The number of hydrogen-bond donors (Lipinski definition) is 2. The van der Waals surface area contributed by atoms with Crippen molar-refractivity contribution in [1.82, 2.24) is 0 Å². The Morgan fingerprint density at radius 3 is 2.75 bits per heavy atom. The first-order chi connectivity index (χ1) is 9.45. The van der Waals surface area contributed by atoms with Gasteiger partial charge in [-0.05, 0) is 36.6 Å².